The summed E-state index contributed by atoms with van der Waals surface area (Å²) in [5, 5.41) is 13.9. The Labute approximate surface area is 346 Å². The summed E-state index contributed by atoms with van der Waals surface area (Å²) in [6.45, 7) is 0. The average Bonchev–Trinajstić information content (AvgIpc) is 3.95. The molecule has 0 bridgehead atoms. The minimum absolute atomic E-state index is 0.790. The Bertz CT molecular complexity index is 4340. The molecular weight excluding hydrogens is 745 g/mol. The Morgan fingerprint density at radius 2 is 0.918 bits per heavy atom. The molecule has 5 nitrogen and oxygen atoms in total. The molecule has 61 heavy (non-hydrogen) atoms. The Morgan fingerprint density at radius 3 is 1.70 bits per heavy atom. The van der Waals surface area contributed by atoms with Gasteiger partial charge in [0.25, 0.3) is 0 Å². The second kappa shape index (κ2) is 11.3. The maximum absolute atomic E-state index is 6.74. The molecule has 10 aromatic carbocycles. The van der Waals surface area contributed by atoms with E-state index in [1.165, 1.54) is 54.5 Å². The largest absolute Gasteiger partial charge is 0.456 e. The van der Waals surface area contributed by atoms with Crippen LogP contribution in [0.15, 0.2) is 186 Å². The van der Waals surface area contributed by atoms with Gasteiger partial charge < -0.3 is 8.82 Å². The Hall–Kier alpha value is -8.28. The summed E-state index contributed by atoms with van der Waals surface area (Å²) in [5.74, 6) is 0.790. The summed E-state index contributed by atoms with van der Waals surface area (Å²) < 4.78 is 11.6. The molecule has 5 aromatic heterocycles. The first-order chi connectivity index (χ1) is 30.3. The Balaban J connectivity index is 1.17. The van der Waals surface area contributed by atoms with Crippen molar-refractivity contribution in [3.63, 3.8) is 0 Å². The zero-order valence-electron chi connectivity index (χ0n) is 32.5. The van der Waals surface area contributed by atoms with Gasteiger partial charge in [-0.25, -0.2) is 9.97 Å². The van der Waals surface area contributed by atoms with Gasteiger partial charge in [-0.1, -0.05) is 140 Å². The summed E-state index contributed by atoms with van der Waals surface area (Å²) in [6, 6.07) is 65.4. The normalized spacial score (nSPS) is 12.6. The van der Waals surface area contributed by atoms with Crippen molar-refractivity contribution in [2.24, 2.45) is 0 Å². The highest BCUT2D eigenvalue weighted by Crippen LogP contribution is 2.49. The van der Waals surface area contributed by atoms with Gasteiger partial charge in [0.05, 0.1) is 44.0 Å². The van der Waals surface area contributed by atoms with Crippen molar-refractivity contribution < 1.29 is 4.42 Å². The Kier molecular flexibility index (Phi) is 5.85. The average molecular weight is 775 g/mol. The molecule has 0 atom stereocenters. The lowest BCUT2D eigenvalue weighted by Gasteiger charge is -2.18. The van der Waals surface area contributed by atoms with Gasteiger partial charge in [-0.05, 0) is 75.1 Å². The number of aromatic nitrogens is 4. The van der Waals surface area contributed by atoms with Crippen molar-refractivity contribution >= 4 is 114 Å². The van der Waals surface area contributed by atoms with Crippen LogP contribution in [0.3, 0.4) is 0 Å². The molecule has 0 aliphatic rings. The quantitative estimate of drug-likeness (QED) is 0.168. The minimum atomic E-state index is 0.790. The van der Waals surface area contributed by atoms with Crippen molar-refractivity contribution in [3.8, 4) is 28.2 Å². The zero-order valence-corrected chi connectivity index (χ0v) is 32.5. The monoisotopic (exact) mass is 774 g/mol. The first kappa shape index (κ1) is 31.7. The topological polar surface area (TPSA) is 48.3 Å². The van der Waals surface area contributed by atoms with Crippen LogP contribution >= 0.6 is 0 Å². The van der Waals surface area contributed by atoms with E-state index in [2.05, 4.69) is 191 Å². The molecule has 0 unspecified atom stereocenters. The second-order valence-electron chi connectivity index (χ2n) is 16.4. The lowest BCUT2D eigenvalue weighted by Crippen LogP contribution is -2.05. The predicted octanol–water partition coefficient (Wildman–Crippen LogP) is 14.9. The van der Waals surface area contributed by atoms with E-state index in [9.17, 15) is 0 Å². The number of hydrogen-bond donors (Lipinski definition) is 0. The van der Waals surface area contributed by atoms with Gasteiger partial charge >= 0.3 is 0 Å². The molecule has 0 aliphatic heterocycles. The van der Waals surface area contributed by atoms with Crippen LogP contribution in [0.2, 0.25) is 0 Å². The predicted molar refractivity (Wildman–Crippen MR) is 253 cm³/mol. The van der Waals surface area contributed by atoms with Crippen LogP contribution in [0.4, 0.5) is 0 Å². The van der Waals surface area contributed by atoms with Gasteiger partial charge in [0, 0.05) is 43.3 Å². The van der Waals surface area contributed by atoms with Gasteiger partial charge in [-0.15, -0.1) is 0 Å². The number of benzene rings is 10. The highest BCUT2D eigenvalue weighted by atomic mass is 16.3. The summed E-state index contributed by atoms with van der Waals surface area (Å²) in [7, 11) is 0. The molecule has 15 aromatic rings. The van der Waals surface area contributed by atoms with E-state index in [1.807, 2.05) is 0 Å². The summed E-state index contributed by atoms with van der Waals surface area (Å²) in [6.07, 6.45) is 0. The molecule has 0 aliphatic carbocycles. The van der Waals surface area contributed by atoms with Crippen molar-refractivity contribution in [3.05, 3.63) is 182 Å². The summed E-state index contributed by atoms with van der Waals surface area (Å²) in [4.78, 5) is 11.7. The van der Waals surface area contributed by atoms with Crippen LogP contribution in [0.25, 0.3) is 143 Å². The molecule has 0 N–H and O–H groups in total. The van der Waals surface area contributed by atoms with Crippen LogP contribution < -0.4 is 0 Å². The molecule has 0 amide bonds. The first-order valence-corrected chi connectivity index (χ1v) is 20.8. The van der Waals surface area contributed by atoms with Crippen LogP contribution in [0.5, 0.6) is 0 Å². The zero-order chi connectivity index (χ0) is 39.5. The lowest BCUT2D eigenvalue weighted by atomic mass is 9.93. The van der Waals surface area contributed by atoms with Crippen LogP contribution in [-0.2, 0) is 0 Å². The van der Waals surface area contributed by atoms with Crippen molar-refractivity contribution in [1.82, 2.24) is 18.9 Å². The molecule has 0 saturated carbocycles. The van der Waals surface area contributed by atoms with E-state index in [1.54, 1.807) is 0 Å². The van der Waals surface area contributed by atoms with Crippen molar-refractivity contribution in [2.75, 3.05) is 0 Å². The third kappa shape index (κ3) is 3.91. The molecule has 5 heteroatoms. The molecule has 15 rings (SSSR count). The van der Waals surface area contributed by atoms with Gasteiger partial charge in [0.1, 0.15) is 16.9 Å². The molecule has 280 valence electrons. The van der Waals surface area contributed by atoms with Crippen molar-refractivity contribution in [1.29, 1.82) is 0 Å². The van der Waals surface area contributed by atoms with E-state index >= 15 is 0 Å². The van der Waals surface area contributed by atoms with Crippen molar-refractivity contribution in [2.45, 2.75) is 0 Å². The summed E-state index contributed by atoms with van der Waals surface area (Å²) >= 11 is 0. The smallest absolute Gasteiger partial charge is 0.165 e. The van der Waals surface area contributed by atoms with E-state index in [-0.39, 0.29) is 0 Å². The number of fused-ring (bicyclic) bond motifs is 11. The number of nitrogens with zero attached hydrogens (tertiary/aromatic N) is 4. The number of para-hydroxylation sites is 1. The standard InChI is InChI=1S/C56H30N4O/c1-2-13-31(14-3-1)32-25-26-40(34-16-5-4-15-33(32)34)54-56(58-53-39-21-9-7-18-36(39)35-17-6-8-20-38(35)52(53)57-54)60-44-24-12-23-43-48(44)49-45(60)28-30-46-50(49)51-47(61-46)29-27-41-37-19-10-11-22-42(37)59(43)55(41)51/h1-30H. The van der Waals surface area contributed by atoms with Crippen LogP contribution in [-0.4, -0.2) is 18.9 Å². The second-order valence-corrected chi connectivity index (χ2v) is 16.4. The first-order valence-electron chi connectivity index (χ1n) is 20.8. The van der Waals surface area contributed by atoms with Gasteiger partial charge in [0.2, 0.25) is 0 Å². The maximum atomic E-state index is 6.74. The number of rotatable bonds is 3. The SMILES string of the molecule is c1ccc(-c2ccc(-c3nc4c5ccccc5c5ccccc5c4nc3-n3c4ccc5oc6ccc7c8ccccc8n8c9cccc3c9c4c5c6c78)c3ccccc23)cc1. The third-order valence-electron chi connectivity index (χ3n) is 13.4. The fourth-order valence-electron chi connectivity index (χ4n) is 11.0. The highest BCUT2D eigenvalue weighted by molar-refractivity contribution is 6.37. The highest BCUT2D eigenvalue weighted by Gasteiger charge is 2.29. The Morgan fingerprint density at radius 1 is 0.344 bits per heavy atom. The van der Waals surface area contributed by atoms with E-state index < -0.39 is 0 Å². The van der Waals surface area contributed by atoms with Gasteiger partial charge in [-0.2, -0.15) is 0 Å². The molecular formula is C56H30N4O. The van der Waals surface area contributed by atoms with E-state index in [0.29, 0.717) is 0 Å². The number of hydrogen-bond acceptors (Lipinski definition) is 3. The molecule has 0 fully saturated rings. The van der Waals surface area contributed by atoms with E-state index in [0.717, 1.165) is 88.1 Å². The van der Waals surface area contributed by atoms with Crippen LogP contribution in [0.1, 0.15) is 0 Å². The molecule has 0 spiro atoms. The fourth-order valence-corrected chi connectivity index (χ4v) is 11.0. The lowest BCUT2D eigenvalue weighted by molar-refractivity contribution is 0.669. The molecule has 5 heterocycles. The van der Waals surface area contributed by atoms with Crippen LogP contribution in [0, 0.1) is 0 Å². The summed E-state index contributed by atoms with van der Waals surface area (Å²) in [5.41, 5.74) is 13.4. The minimum Gasteiger partial charge on any atom is -0.456 e. The third-order valence-corrected chi connectivity index (χ3v) is 13.4. The number of furan rings is 1. The molecule has 0 radical (unpaired) electrons. The van der Waals surface area contributed by atoms with Gasteiger partial charge in [-0.3, -0.25) is 4.57 Å². The fraction of sp³-hybridized carbons (Fsp3) is 0. The van der Waals surface area contributed by atoms with Gasteiger partial charge in [0.15, 0.2) is 5.82 Å². The maximum Gasteiger partial charge on any atom is 0.165 e. The molecule has 0 saturated heterocycles. The van der Waals surface area contributed by atoms with E-state index in [4.69, 9.17) is 14.4 Å².